The van der Waals surface area contributed by atoms with Gasteiger partial charge in [-0.2, -0.15) is 5.10 Å². The van der Waals surface area contributed by atoms with Crippen molar-refractivity contribution in [3.8, 4) is 0 Å². The van der Waals surface area contributed by atoms with Crippen LogP contribution in [0.25, 0.3) is 0 Å². The van der Waals surface area contributed by atoms with Crippen molar-refractivity contribution in [2.45, 2.75) is 38.8 Å². The molecular formula is C11H20BrN3O. The number of aliphatic hydroxyl groups is 1. The molecule has 0 aliphatic carbocycles. The number of hydrogen-bond donors (Lipinski definition) is 2. The zero-order chi connectivity index (χ0) is 12.3. The Balaban J connectivity index is 2.70. The Bertz CT molecular complexity index is 327. The van der Waals surface area contributed by atoms with Gasteiger partial charge in [-0.05, 0) is 35.8 Å². The third-order valence-electron chi connectivity index (χ3n) is 2.57. The van der Waals surface area contributed by atoms with E-state index >= 15 is 0 Å². The third kappa shape index (κ3) is 3.30. The van der Waals surface area contributed by atoms with Gasteiger partial charge in [0.25, 0.3) is 0 Å². The number of hydrogen-bond acceptors (Lipinski definition) is 3. The van der Waals surface area contributed by atoms with Crippen LogP contribution in [0.5, 0.6) is 0 Å². The molecule has 2 N–H and O–H groups in total. The van der Waals surface area contributed by atoms with Gasteiger partial charge in [0.1, 0.15) is 5.60 Å². The van der Waals surface area contributed by atoms with Crippen molar-refractivity contribution < 1.29 is 5.11 Å². The summed E-state index contributed by atoms with van der Waals surface area (Å²) >= 11 is 3.41. The summed E-state index contributed by atoms with van der Waals surface area (Å²) in [6.07, 6.45) is 2.36. The average Bonchev–Trinajstić information content (AvgIpc) is 2.45. The molecule has 1 heterocycles. The van der Waals surface area contributed by atoms with Crippen LogP contribution in [0.1, 0.15) is 32.9 Å². The molecule has 1 unspecified atom stereocenters. The maximum absolute atomic E-state index is 10.4. The highest BCUT2D eigenvalue weighted by Crippen LogP contribution is 2.29. The van der Waals surface area contributed by atoms with Gasteiger partial charge in [0.05, 0.1) is 16.4 Å². The lowest BCUT2D eigenvalue weighted by molar-refractivity contribution is 0.0385. The van der Waals surface area contributed by atoms with Gasteiger partial charge in [-0.1, -0.05) is 13.8 Å². The van der Waals surface area contributed by atoms with Gasteiger partial charge >= 0.3 is 0 Å². The van der Waals surface area contributed by atoms with Gasteiger partial charge in [0.15, 0.2) is 0 Å². The molecule has 0 amide bonds. The Morgan fingerprint density at radius 3 is 2.69 bits per heavy atom. The molecule has 1 rings (SSSR count). The second kappa shape index (κ2) is 5.29. The molecular weight excluding hydrogens is 270 g/mol. The predicted molar refractivity (Wildman–Crippen MR) is 68.2 cm³/mol. The highest BCUT2D eigenvalue weighted by Gasteiger charge is 2.28. The molecule has 0 aromatic carbocycles. The Kier molecular flexibility index (Phi) is 4.52. The van der Waals surface area contributed by atoms with Gasteiger partial charge in [0, 0.05) is 13.1 Å². The van der Waals surface area contributed by atoms with Crippen LogP contribution >= 0.6 is 15.9 Å². The van der Waals surface area contributed by atoms with Crippen molar-refractivity contribution in [2.24, 2.45) is 7.05 Å². The topological polar surface area (TPSA) is 50.1 Å². The van der Waals surface area contributed by atoms with Crippen LogP contribution in [0.2, 0.25) is 0 Å². The Hall–Kier alpha value is -0.390. The number of halogens is 1. The van der Waals surface area contributed by atoms with E-state index in [9.17, 15) is 5.11 Å². The van der Waals surface area contributed by atoms with Crippen LogP contribution in [0, 0.1) is 0 Å². The highest BCUT2D eigenvalue weighted by atomic mass is 79.9. The van der Waals surface area contributed by atoms with Gasteiger partial charge in [-0.15, -0.1) is 0 Å². The van der Waals surface area contributed by atoms with Crippen molar-refractivity contribution in [1.82, 2.24) is 15.1 Å². The zero-order valence-electron chi connectivity index (χ0n) is 10.3. The molecule has 0 saturated carbocycles. The van der Waals surface area contributed by atoms with E-state index in [0.29, 0.717) is 12.5 Å². The minimum Gasteiger partial charge on any atom is -0.384 e. The van der Waals surface area contributed by atoms with E-state index in [2.05, 4.69) is 40.2 Å². The zero-order valence-corrected chi connectivity index (χ0v) is 11.9. The molecule has 92 valence electrons. The SMILES string of the molecule is CC(C)NCCC(C)(O)c1c(Br)cnn1C. The first kappa shape index (κ1) is 13.7. The summed E-state index contributed by atoms with van der Waals surface area (Å²) in [4.78, 5) is 0. The third-order valence-corrected chi connectivity index (χ3v) is 3.15. The van der Waals surface area contributed by atoms with Crippen molar-refractivity contribution in [1.29, 1.82) is 0 Å². The van der Waals surface area contributed by atoms with Gasteiger partial charge in [0.2, 0.25) is 0 Å². The fourth-order valence-electron chi connectivity index (χ4n) is 1.74. The number of aromatic nitrogens is 2. The monoisotopic (exact) mass is 289 g/mol. The highest BCUT2D eigenvalue weighted by molar-refractivity contribution is 9.10. The first-order chi connectivity index (χ1) is 7.34. The van der Waals surface area contributed by atoms with E-state index in [1.54, 1.807) is 10.9 Å². The minimum atomic E-state index is -0.869. The molecule has 0 aliphatic heterocycles. The van der Waals surface area contributed by atoms with Crippen LogP contribution < -0.4 is 5.32 Å². The maximum Gasteiger partial charge on any atom is 0.106 e. The van der Waals surface area contributed by atoms with E-state index in [0.717, 1.165) is 16.7 Å². The fourth-order valence-corrected chi connectivity index (χ4v) is 2.51. The van der Waals surface area contributed by atoms with Crippen molar-refractivity contribution in [3.05, 3.63) is 16.4 Å². The van der Waals surface area contributed by atoms with Crippen LogP contribution in [-0.2, 0) is 12.6 Å². The largest absolute Gasteiger partial charge is 0.384 e. The van der Waals surface area contributed by atoms with Crippen molar-refractivity contribution in [3.63, 3.8) is 0 Å². The number of rotatable bonds is 5. The molecule has 1 aromatic rings. The van der Waals surface area contributed by atoms with Gasteiger partial charge in [-0.3, -0.25) is 4.68 Å². The summed E-state index contributed by atoms with van der Waals surface area (Å²) in [6.45, 7) is 6.78. The van der Waals surface area contributed by atoms with E-state index in [4.69, 9.17) is 0 Å². The summed E-state index contributed by atoms with van der Waals surface area (Å²) in [5.41, 5.74) is -0.0514. The van der Waals surface area contributed by atoms with Crippen molar-refractivity contribution in [2.75, 3.05) is 6.54 Å². The fraction of sp³-hybridized carbons (Fsp3) is 0.727. The second-order valence-corrected chi connectivity index (χ2v) is 5.45. The standard InChI is InChI=1S/C11H20BrN3O/c1-8(2)13-6-5-11(3,16)10-9(12)7-14-15(10)4/h7-8,13,16H,5-6H2,1-4H3. The van der Waals surface area contributed by atoms with Crippen LogP contribution in [0.3, 0.4) is 0 Å². The summed E-state index contributed by atoms with van der Waals surface area (Å²) in [6, 6.07) is 0.436. The molecule has 5 heteroatoms. The molecule has 0 radical (unpaired) electrons. The van der Waals surface area contributed by atoms with Gasteiger partial charge < -0.3 is 10.4 Å². The van der Waals surface area contributed by atoms with Crippen molar-refractivity contribution >= 4 is 15.9 Å². The number of nitrogens with zero attached hydrogens (tertiary/aromatic N) is 2. The Morgan fingerprint density at radius 1 is 1.62 bits per heavy atom. The Labute approximate surface area is 105 Å². The summed E-state index contributed by atoms with van der Waals surface area (Å²) in [5, 5.41) is 17.8. The number of aryl methyl sites for hydroxylation is 1. The van der Waals surface area contributed by atoms with E-state index in [-0.39, 0.29) is 0 Å². The molecule has 0 bridgehead atoms. The second-order valence-electron chi connectivity index (χ2n) is 4.60. The van der Waals surface area contributed by atoms with E-state index in [1.807, 2.05) is 14.0 Å². The minimum absolute atomic E-state index is 0.436. The molecule has 0 saturated heterocycles. The first-order valence-corrected chi connectivity index (χ1v) is 6.27. The smallest absolute Gasteiger partial charge is 0.106 e. The lowest BCUT2D eigenvalue weighted by atomic mass is 9.98. The summed E-state index contributed by atoms with van der Waals surface area (Å²) in [7, 11) is 1.84. The molecule has 4 nitrogen and oxygen atoms in total. The molecule has 1 atom stereocenters. The normalized spacial score (nSPS) is 15.4. The maximum atomic E-state index is 10.4. The molecule has 0 spiro atoms. The summed E-state index contributed by atoms with van der Waals surface area (Å²) in [5.74, 6) is 0. The lowest BCUT2D eigenvalue weighted by Crippen LogP contribution is -2.32. The first-order valence-electron chi connectivity index (χ1n) is 5.48. The quantitative estimate of drug-likeness (QED) is 0.869. The van der Waals surface area contributed by atoms with Gasteiger partial charge in [-0.25, -0.2) is 0 Å². The van der Waals surface area contributed by atoms with Crippen LogP contribution in [0.4, 0.5) is 0 Å². The molecule has 16 heavy (non-hydrogen) atoms. The predicted octanol–water partition coefficient (Wildman–Crippen LogP) is 1.78. The van der Waals surface area contributed by atoms with E-state index in [1.165, 1.54) is 0 Å². The van der Waals surface area contributed by atoms with Crippen LogP contribution in [0.15, 0.2) is 10.7 Å². The molecule has 1 aromatic heterocycles. The lowest BCUT2D eigenvalue weighted by Gasteiger charge is -2.25. The summed E-state index contributed by atoms with van der Waals surface area (Å²) < 4.78 is 2.56. The Morgan fingerprint density at radius 2 is 2.25 bits per heavy atom. The van der Waals surface area contributed by atoms with E-state index < -0.39 is 5.60 Å². The van der Waals surface area contributed by atoms with Crippen LogP contribution in [-0.4, -0.2) is 27.5 Å². The average molecular weight is 290 g/mol. The molecule has 0 aliphatic rings. The molecule has 0 fully saturated rings. The number of nitrogens with one attached hydrogen (secondary N) is 1.